The summed E-state index contributed by atoms with van der Waals surface area (Å²) in [6.45, 7) is 6.34. The monoisotopic (exact) mass is 246 g/mol. The van der Waals surface area contributed by atoms with Crippen LogP contribution in [0.3, 0.4) is 0 Å². The van der Waals surface area contributed by atoms with Crippen molar-refractivity contribution in [2.45, 2.75) is 20.4 Å². The largest absolute Gasteiger partial charge is 0.494 e. The number of benzene rings is 1. The van der Waals surface area contributed by atoms with Gasteiger partial charge in [-0.1, -0.05) is 6.92 Å². The highest BCUT2D eigenvalue weighted by Gasteiger charge is 2.10. The van der Waals surface area contributed by atoms with Crippen LogP contribution in [0.5, 0.6) is 5.75 Å². The van der Waals surface area contributed by atoms with Crippen LogP contribution in [-0.2, 0) is 6.54 Å². The van der Waals surface area contributed by atoms with Crippen LogP contribution in [0.4, 0.5) is 0 Å². The van der Waals surface area contributed by atoms with Crippen LogP contribution in [0, 0.1) is 0 Å². The molecular weight excluding hydrogens is 228 g/mol. The van der Waals surface area contributed by atoms with Gasteiger partial charge in [-0.2, -0.15) is 0 Å². The molecule has 0 saturated heterocycles. The lowest BCUT2D eigenvalue weighted by Crippen LogP contribution is -2.12. The molecule has 1 heterocycles. The molecule has 1 aromatic heterocycles. The van der Waals surface area contributed by atoms with Gasteiger partial charge >= 0.3 is 0 Å². The zero-order valence-electron chi connectivity index (χ0n) is 10.8. The van der Waals surface area contributed by atoms with Crippen LogP contribution < -0.4 is 10.1 Å². The van der Waals surface area contributed by atoms with Crippen LogP contribution in [0.2, 0.25) is 0 Å². The third-order valence-corrected chi connectivity index (χ3v) is 2.61. The molecule has 2 aromatic rings. The first kappa shape index (κ1) is 12.6. The van der Waals surface area contributed by atoms with E-state index in [1.807, 2.05) is 31.2 Å². The van der Waals surface area contributed by atoms with E-state index in [1.54, 1.807) is 0 Å². The number of hydrogen-bond donors (Lipinski definition) is 1. The molecule has 1 N–H and O–H groups in total. The molecule has 0 saturated carbocycles. The van der Waals surface area contributed by atoms with Crippen molar-refractivity contribution in [1.82, 2.24) is 10.3 Å². The van der Waals surface area contributed by atoms with Crippen molar-refractivity contribution >= 4 is 0 Å². The molecule has 96 valence electrons. The van der Waals surface area contributed by atoms with Gasteiger partial charge in [-0.25, -0.2) is 4.98 Å². The van der Waals surface area contributed by atoms with Crippen LogP contribution in [0.15, 0.2) is 35.1 Å². The van der Waals surface area contributed by atoms with Gasteiger partial charge in [-0.15, -0.1) is 0 Å². The van der Waals surface area contributed by atoms with Gasteiger partial charge in [0.1, 0.15) is 11.4 Å². The van der Waals surface area contributed by atoms with Gasteiger partial charge in [0, 0.05) is 12.1 Å². The number of aromatic nitrogens is 1. The average Bonchev–Trinajstić information content (AvgIpc) is 2.86. The summed E-state index contributed by atoms with van der Waals surface area (Å²) in [5.74, 6) is 1.69. The number of hydrogen-bond acceptors (Lipinski definition) is 4. The molecule has 0 aliphatic rings. The van der Waals surface area contributed by atoms with Crippen molar-refractivity contribution in [2.75, 3.05) is 13.2 Å². The second kappa shape index (κ2) is 6.21. The molecule has 0 atom stereocenters. The summed E-state index contributed by atoms with van der Waals surface area (Å²) in [6.07, 6.45) is 1.48. The fraction of sp³-hybridized carbons (Fsp3) is 0.357. The van der Waals surface area contributed by atoms with Gasteiger partial charge < -0.3 is 14.5 Å². The fourth-order valence-electron chi connectivity index (χ4n) is 1.74. The van der Waals surface area contributed by atoms with Crippen LogP contribution in [0.25, 0.3) is 11.3 Å². The van der Waals surface area contributed by atoms with Crippen molar-refractivity contribution in [3.05, 3.63) is 36.4 Å². The number of nitrogens with one attached hydrogen (secondary N) is 1. The third kappa shape index (κ3) is 2.90. The van der Waals surface area contributed by atoms with E-state index in [2.05, 4.69) is 17.2 Å². The van der Waals surface area contributed by atoms with E-state index in [1.165, 1.54) is 6.39 Å². The van der Waals surface area contributed by atoms with Crippen molar-refractivity contribution in [3.63, 3.8) is 0 Å². The summed E-state index contributed by atoms with van der Waals surface area (Å²) in [7, 11) is 0. The number of rotatable bonds is 6. The van der Waals surface area contributed by atoms with Crippen LogP contribution in [0.1, 0.15) is 19.5 Å². The lowest BCUT2D eigenvalue weighted by atomic mass is 10.1. The Bertz CT molecular complexity index is 477. The SMILES string of the molecule is CCNCc1ncoc1-c1ccc(OCC)cc1. The van der Waals surface area contributed by atoms with E-state index in [0.717, 1.165) is 35.9 Å². The van der Waals surface area contributed by atoms with E-state index < -0.39 is 0 Å². The smallest absolute Gasteiger partial charge is 0.181 e. The first-order valence-electron chi connectivity index (χ1n) is 6.21. The van der Waals surface area contributed by atoms with Crippen LogP contribution in [-0.4, -0.2) is 18.1 Å². The van der Waals surface area contributed by atoms with Crippen molar-refractivity contribution in [2.24, 2.45) is 0 Å². The van der Waals surface area contributed by atoms with Crippen LogP contribution >= 0.6 is 0 Å². The molecule has 4 nitrogen and oxygen atoms in total. The second-order valence-electron chi connectivity index (χ2n) is 3.87. The van der Waals surface area contributed by atoms with E-state index >= 15 is 0 Å². The normalized spacial score (nSPS) is 10.6. The molecular formula is C14H18N2O2. The quantitative estimate of drug-likeness (QED) is 0.851. The van der Waals surface area contributed by atoms with E-state index in [9.17, 15) is 0 Å². The summed E-state index contributed by atoms with van der Waals surface area (Å²) >= 11 is 0. The Balaban J connectivity index is 2.17. The third-order valence-electron chi connectivity index (χ3n) is 2.61. The Morgan fingerprint density at radius 2 is 2.00 bits per heavy atom. The maximum atomic E-state index is 5.46. The van der Waals surface area contributed by atoms with Gasteiger partial charge in [-0.05, 0) is 37.7 Å². The number of nitrogens with zero attached hydrogens (tertiary/aromatic N) is 1. The minimum atomic E-state index is 0.674. The maximum absolute atomic E-state index is 5.46. The van der Waals surface area contributed by atoms with Gasteiger partial charge in [-0.3, -0.25) is 0 Å². The predicted octanol–water partition coefficient (Wildman–Crippen LogP) is 2.85. The van der Waals surface area contributed by atoms with E-state index in [-0.39, 0.29) is 0 Å². The molecule has 0 aliphatic heterocycles. The van der Waals surface area contributed by atoms with Gasteiger partial charge in [0.15, 0.2) is 12.2 Å². The molecule has 2 rings (SSSR count). The molecule has 0 aliphatic carbocycles. The first-order chi connectivity index (χ1) is 8.85. The second-order valence-corrected chi connectivity index (χ2v) is 3.87. The Hall–Kier alpha value is -1.81. The topological polar surface area (TPSA) is 47.3 Å². The lowest BCUT2D eigenvalue weighted by Gasteiger charge is -2.05. The highest BCUT2D eigenvalue weighted by Crippen LogP contribution is 2.25. The molecule has 0 bridgehead atoms. The minimum Gasteiger partial charge on any atom is -0.494 e. The zero-order chi connectivity index (χ0) is 12.8. The van der Waals surface area contributed by atoms with Crippen molar-refractivity contribution in [1.29, 1.82) is 0 Å². The summed E-state index contributed by atoms with van der Waals surface area (Å²) in [5.41, 5.74) is 1.95. The zero-order valence-corrected chi connectivity index (χ0v) is 10.8. The molecule has 1 aromatic carbocycles. The van der Waals surface area contributed by atoms with Gasteiger partial charge in [0.2, 0.25) is 0 Å². The summed E-state index contributed by atoms with van der Waals surface area (Å²) in [4.78, 5) is 4.23. The molecule has 18 heavy (non-hydrogen) atoms. The summed E-state index contributed by atoms with van der Waals surface area (Å²) in [6, 6.07) is 7.86. The molecule has 0 spiro atoms. The highest BCUT2D eigenvalue weighted by atomic mass is 16.5. The average molecular weight is 246 g/mol. The Kier molecular flexibility index (Phi) is 4.36. The van der Waals surface area contributed by atoms with Crippen molar-refractivity contribution in [3.8, 4) is 17.1 Å². The molecule has 0 radical (unpaired) electrons. The minimum absolute atomic E-state index is 0.674. The molecule has 0 unspecified atom stereocenters. The highest BCUT2D eigenvalue weighted by molar-refractivity contribution is 5.60. The molecule has 4 heteroatoms. The standard InChI is InChI=1S/C14H18N2O2/c1-3-15-9-13-14(18-10-16-13)11-5-7-12(8-6-11)17-4-2/h5-8,10,15H,3-4,9H2,1-2H3. The van der Waals surface area contributed by atoms with Crippen molar-refractivity contribution < 1.29 is 9.15 Å². The maximum Gasteiger partial charge on any atom is 0.181 e. The first-order valence-corrected chi connectivity index (χ1v) is 6.21. The summed E-state index contributed by atoms with van der Waals surface area (Å²) in [5, 5.41) is 3.25. The molecule has 0 amide bonds. The Labute approximate surface area is 107 Å². The van der Waals surface area contributed by atoms with E-state index in [0.29, 0.717) is 6.61 Å². The fourth-order valence-corrected chi connectivity index (χ4v) is 1.74. The van der Waals surface area contributed by atoms with Gasteiger partial charge in [0.05, 0.1) is 6.61 Å². The lowest BCUT2D eigenvalue weighted by molar-refractivity contribution is 0.340. The number of ether oxygens (including phenoxy) is 1. The molecule has 0 fully saturated rings. The Morgan fingerprint density at radius 1 is 1.22 bits per heavy atom. The Morgan fingerprint density at radius 3 is 2.67 bits per heavy atom. The van der Waals surface area contributed by atoms with Gasteiger partial charge in [0.25, 0.3) is 0 Å². The summed E-state index contributed by atoms with van der Waals surface area (Å²) < 4.78 is 10.9. The predicted molar refractivity (Wildman–Crippen MR) is 70.5 cm³/mol. The number of oxazole rings is 1. The van der Waals surface area contributed by atoms with E-state index in [4.69, 9.17) is 9.15 Å².